The van der Waals surface area contributed by atoms with E-state index in [0.29, 0.717) is 5.92 Å². The van der Waals surface area contributed by atoms with Crippen LogP contribution >= 0.6 is 0 Å². The molecule has 0 fully saturated rings. The lowest BCUT2D eigenvalue weighted by atomic mass is 9.81. The van der Waals surface area contributed by atoms with Gasteiger partial charge in [0.05, 0.1) is 12.0 Å². The highest BCUT2D eigenvalue weighted by Crippen LogP contribution is 2.31. The van der Waals surface area contributed by atoms with Gasteiger partial charge in [0.1, 0.15) is 5.82 Å². The normalized spacial score (nSPS) is 12.4. The van der Waals surface area contributed by atoms with Gasteiger partial charge in [-0.3, -0.25) is 0 Å². The van der Waals surface area contributed by atoms with Crippen LogP contribution < -0.4 is 0 Å². The first-order valence-corrected chi connectivity index (χ1v) is 6.38. The average molecular weight is 233 g/mol. The predicted molar refractivity (Wildman–Crippen MR) is 68.1 cm³/mol. The van der Waals surface area contributed by atoms with Gasteiger partial charge >= 0.3 is 0 Å². The third kappa shape index (κ3) is 3.85. The summed E-state index contributed by atoms with van der Waals surface area (Å²) in [5.74, 6) is 0.0453. The Bertz CT molecular complexity index is 358. The summed E-state index contributed by atoms with van der Waals surface area (Å²) in [5, 5.41) is 9.33. The average Bonchev–Trinajstić information content (AvgIpc) is 2.33. The first-order chi connectivity index (χ1) is 8.22. The van der Waals surface area contributed by atoms with E-state index in [1.807, 2.05) is 0 Å². The minimum atomic E-state index is -0.243. The molecule has 17 heavy (non-hydrogen) atoms. The number of rotatable bonds is 6. The van der Waals surface area contributed by atoms with E-state index in [9.17, 15) is 9.65 Å². The molecule has 0 aromatic heterocycles. The number of hydrogen-bond acceptors (Lipinski definition) is 1. The predicted octanol–water partition coefficient (Wildman–Crippen LogP) is 4.65. The maximum atomic E-state index is 12.9. The number of nitrogens with zero attached hydrogens (tertiary/aromatic N) is 1. The summed E-state index contributed by atoms with van der Waals surface area (Å²) in [7, 11) is 0. The third-order valence-electron chi connectivity index (χ3n) is 3.16. The zero-order chi connectivity index (χ0) is 12.7. The van der Waals surface area contributed by atoms with E-state index in [4.69, 9.17) is 0 Å². The van der Waals surface area contributed by atoms with E-state index < -0.39 is 0 Å². The molecule has 2 heteroatoms. The molecule has 0 aliphatic carbocycles. The van der Waals surface area contributed by atoms with Crippen LogP contribution in [-0.4, -0.2) is 0 Å². The van der Waals surface area contributed by atoms with Crippen molar-refractivity contribution in [3.63, 3.8) is 0 Å². The second kappa shape index (κ2) is 7.06. The van der Waals surface area contributed by atoms with Crippen molar-refractivity contribution < 1.29 is 4.39 Å². The van der Waals surface area contributed by atoms with Gasteiger partial charge in [-0.2, -0.15) is 5.26 Å². The maximum absolute atomic E-state index is 12.9. The summed E-state index contributed by atoms with van der Waals surface area (Å²) in [6, 6.07) is 8.74. The van der Waals surface area contributed by atoms with Gasteiger partial charge in [0.25, 0.3) is 0 Å². The molecule has 1 nitrogen and oxygen atoms in total. The quantitative estimate of drug-likeness (QED) is 0.701. The zero-order valence-corrected chi connectivity index (χ0v) is 10.6. The van der Waals surface area contributed by atoms with Crippen LogP contribution in [0.4, 0.5) is 4.39 Å². The van der Waals surface area contributed by atoms with Gasteiger partial charge in [-0.25, -0.2) is 4.39 Å². The van der Waals surface area contributed by atoms with Crippen LogP contribution in [0.1, 0.15) is 51.0 Å². The molecule has 1 rings (SSSR count). The van der Waals surface area contributed by atoms with Crippen molar-refractivity contribution in [2.75, 3.05) is 0 Å². The summed E-state index contributed by atoms with van der Waals surface area (Å²) < 4.78 is 12.9. The lowest BCUT2D eigenvalue weighted by Gasteiger charge is -2.21. The fourth-order valence-electron chi connectivity index (χ4n) is 2.34. The van der Waals surface area contributed by atoms with E-state index in [0.717, 1.165) is 31.2 Å². The minimum Gasteiger partial charge on any atom is -0.207 e. The first-order valence-electron chi connectivity index (χ1n) is 6.38. The molecule has 0 bridgehead atoms. The smallest absolute Gasteiger partial charge is 0.123 e. The maximum Gasteiger partial charge on any atom is 0.123 e. The van der Waals surface area contributed by atoms with Crippen LogP contribution in [0.15, 0.2) is 24.3 Å². The molecule has 92 valence electrons. The van der Waals surface area contributed by atoms with Crippen LogP contribution in [0.5, 0.6) is 0 Å². The van der Waals surface area contributed by atoms with E-state index in [1.54, 1.807) is 12.1 Å². The first kappa shape index (κ1) is 13.7. The lowest BCUT2D eigenvalue weighted by Crippen LogP contribution is -2.11. The van der Waals surface area contributed by atoms with Crippen molar-refractivity contribution in [1.82, 2.24) is 0 Å². The highest BCUT2D eigenvalue weighted by molar-refractivity contribution is 5.26. The SMILES string of the molecule is CCCC(CCC)C(C#N)c1ccc(F)cc1. The Kier molecular flexibility index (Phi) is 5.69. The molecule has 1 unspecified atom stereocenters. The molecule has 0 heterocycles. The molecule has 0 amide bonds. The molecule has 1 atom stereocenters. The van der Waals surface area contributed by atoms with Gasteiger partial charge in [-0.15, -0.1) is 0 Å². The topological polar surface area (TPSA) is 23.8 Å². The van der Waals surface area contributed by atoms with Gasteiger partial charge in [0.2, 0.25) is 0 Å². The van der Waals surface area contributed by atoms with Crippen molar-refractivity contribution >= 4 is 0 Å². The lowest BCUT2D eigenvalue weighted by molar-refractivity contribution is 0.407. The highest BCUT2D eigenvalue weighted by atomic mass is 19.1. The Labute approximate surface area is 103 Å². The van der Waals surface area contributed by atoms with E-state index in [-0.39, 0.29) is 11.7 Å². The van der Waals surface area contributed by atoms with Crippen molar-refractivity contribution in [3.05, 3.63) is 35.6 Å². The summed E-state index contributed by atoms with van der Waals surface area (Å²) in [5.41, 5.74) is 0.945. The van der Waals surface area contributed by atoms with Gasteiger partial charge in [0, 0.05) is 0 Å². The summed E-state index contributed by atoms with van der Waals surface area (Å²) in [6.07, 6.45) is 4.29. The van der Waals surface area contributed by atoms with Gasteiger partial charge < -0.3 is 0 Å². The van der Waals surface area contributed by atoms with Crippen LogP contribution in [0.25, 0.3) is 0 Å². The highest BCUT2D eigenvalue weighted by Gasteiger charge is 2.21. The molecule has 1 aromatic rings. The molecular weight excluding hydrogens is 213 g/mol. The molecule has 0 aliphatic rings. The molecule has 1 aromatic carbocycles. The van der Waals surface area contributed by atoms with E-state index in [1.165, 1.54) is 12.1 Å². The number of nitriles is 1. The van der Waals surface area contributed by atoms with Gasteiger partial charge in [-0.05, 0) is 36.5 Å². The third-order valence-corrected chi connectivity index (χ3v) is 3.16. The number of halogens is 1. The standard InChI is InChI=1S/C15H20FN/c1-3-5-12(6-4-2)15(11-17)13-7-9-14(16)10-8-13/h7-10,12,15H,3-6H2,1-2H3. The van der Waals surface area contributed by atoms with Gasteiger partial charge in [-0.1, -0.05) is 38.8 Å². The van der Waals surface area contributed by atoms with Crippen molar-refractivity contribution in [2.24, 2.45) is 5.92 Å². The van der Waals surface area contributed by atoms with E-state index >= 15 is 0 Å². The van der Waals surface area contributed by atoms with Crippen LogP contribution in [-0.2, 0) is 0 Å². The second-order valence-electron chi connectivity index (χ2n) is 4.50. The molecular formula is C15H20FN. The Balaban J connectivity index is 2.88. The minimum absolute atomic E-state index is 0.101. The van der Waals surface area contributed by atoms with Crippen molar-refractivity contribution in [1.29, 1.82) is 5.26 Å². The summed E-state index contributed by atoms with van der Waals surface area (Å²) in [6.45, 7) is 4.28. The van der Waals surface area contributed by atoms with Crippen molar-refractivity contribution in [3.8, 4) is 6.07 Å². The van der Waals surface area contributed by atoms with Gasteiger partial charge in [0.15, 0.2) is 0 Å². The van der Waals surface area contributed by atoms with Crippen LogP contribution in [0, 0.1) is 23.1 Å². The molecule has 0 spiro atoms. The molecule has 0 aliphatic heterocycles. The largest absolute Gasteiger partial charge is 0.207 e. The monoisotopic (exact) mass is 233 g/mol. The Hall–Kier alpha value is -1.36. The summed E-state index contributed by atoms with van der Waals surface area (Å²) >= 11 is 0. The molecule has 0 N–H and O–H groups in total. The molecule has 0 saturated carbocycles. The molecule has 0 radical (unpaired) electrons. The Morgan fingerprint density at radius 1 is 1.12 bits per heavy atom. The zero-order valence-electron chi connectivity index (χ0n) is 10.6. The van der Waals surface area contributed by atoms with Crippen LogP contribution in [0.3, 0.4) is 0 Å². The second-order valence-corrected chi connectivity index (χ2v) is 4.50. The van der Waals surface area contributed by atoms with Crippen LogP contribution in [0.2, 0.25) is 0 Å². The molecule has 0 saturated heterocycles. The van der Waals surface area contributed by atoms with Crippen molar-refractivity contribution in [2.45, 2.75) is 45.4 Å². The fourth-order valence-corrected chi connectivity index (χ4v) is 2.34. The number of benzene rings is 1. The van der Waals surface area contributed by atoms with E-state index in [2.05, 4.69) is 19.9 Å². The number of hydrogen-bond donors (Lipinski definition) is 0. The Morgan fingerprint density at radius 3 is 2.06 bits per heavy atom. The fraction of sp³-hybridized carbons (Fsp3) is 0.533. The summed E-state index contributed by atoms with van der Waals surface area (Å²) in [4.78, 5) is 0. The Morgan fingerprint density at radius 2 is 1.65 bits per heavy atom.